The fourth-order valence-electron chi connectivity index (χ4n) is 9.72. The molecule has 45 heavy (non-hydrogen) atoms. The van der Waals surface area contributed by atoms with Gasteiger partial charge in [0.15, 0.2) is 0 Å². The molecule has 9 unspecified atom stereocenters. The number of esters is 2. The van der Waals surface area contributed by atoms with E-state index in [1.165, 1.54) is 30.8 Å². The smallest absolute Gasteiger partial charge is 0.306 e. The maximum Gasteiger partial charge on any atom is 0.306 e. The number of allylic oxidation sites excluding steroid dienone is 3. The number of hydrogen-bond acceptors (Lipinski definition) is 8. The van der Waals surface area contributed by atoms with Crippen LogP contribution in [0.5, 0.6) is 0 Å². The second kappa shape index (κ2) is 13.6. The Balaban J connectivity index is 1.71. The minimum atomic E-state index is -1.01. The van der Waals surface area contributed by atoms with Gasteiger partial charge in [-0.3, -0.25) is 9.59 Å². The number of carbonyl (C=O) groups is 2. The first-order valence-electron chi connectivity index (χ1n) is 17.0. The van der Waals surface area contributed by atoms with E-state index >= 15 is 0 Å². The molecule has 1 saturated carbocycles. The first-order chi connectivity index (χ1) is 21.0. The molecule has 0 aliphatic heterocycles. The van der Waals surface area contributed by atoms with E-state index < -0.39 is 52.6 Å². The summed E-state index contributed by atoms with van der Waals surface area (Å²) in [4.78, 5) is 35.0. The maximum absolute atomic E-state index is 12.9. The lowest BCUT2D eigenvalue weighted by Crippen LogP contribution is -2.63. The van der Waals surface area contributed by atoms with Gasteiger partial charge in [-0.05, 0) is 96.2 Å². The Labute approximate surface area is 270 Å². The highest BCUT2D eigenvalue weighted by molar-refractivity contribution is 5.69. The number of aliphatic hydroxyl groups excluding tert-OH is 2. The Morgan fingerprint density at radius 3 is 2.40 bits per heavy atom. The van der Waals surface area contributed by atoms with Crippen molar-refractivity contribution < 1.29 is 39.1 Å². The van der Waals surface area contributed by atoms with Gasteiger partial charge in [-0.2, -0.15) is 0 Å². The van der Waals surface area contributed by atoms with Gasteiger partial charge in [0.05, 0.1) is 19.8 Å². The molecular weight excluding hydrogens is 572 g/mol. The Bertz CT molecular complexity index is 1200. The molecule has 8 nitrogen and oxygen atoms in total. The number of aliphatic hydroxyl groups is 2. The lowest BCUT2D eigenvalue weighted by atomic mass is 9.45. The molecule has 1 fully saturated rings. The fourth-order valence-corrected chi connectivity index (χ4v) is 9.72. The summed E-state index contributed by atoms with van der Waals surface area (Å²) in [6.07, 6.45) is 4.39. The van der Waals surface area contributed by atoms with E-state index in [4.69, 9.17) is 14.4 Å². The summed E-state index contributed by atoms with van der Waals surface area (Å²) < 4.78 is 12.1. The summed E-state index contributed by atoms with van der Waals surface area (Å²) in [5.74, 6) is 0.194. The molecule has 2 N–H and O–H groups in total. The average molecular weight is 631 g/mol. The average Bonchev–Trinajstić information content (AvgIpc) is 3.32. The van der Waals surface area contributed by atoms with Crippen LogP contribution in [0.2, 0.25) is 0 Å². The molecule has 0 saturated heterocycles. The molecule has 0 radical (unpaired) electrons. The third kappa shape index (κ3) is 6.46. The van der Waals surface area contributed by atoms with Crippen LogP contribution >= 0.6 is 0 Å². The first kappa shape index (κ1) is 35.8. The summed E-state index contributed by atoms with van der Waals surface area (Å²) in [6.45, 7) is 21.0. The lowest BCUT2D eigenvalue weighted by Gasteiger charge is -2.62. The number of hydrogen-bond donors (Lipinski definition) is 2. The maximum atomic E-state index is 12.9. The van der Waals surface area contributed by atoms with Gasteiger partial charge < -0.3 is 19.7 Å². The van der Waals surface area contributed by atoms with Crippen LogP contribution in [-0.4, -0.2) is 60.3 Å². The Hall–Kier alpha value is -2.00. The number of ether oxygens (including phenoxy) is 2. The first-order valence-corrected chi connectivity index (χ1v) is 17.0. The van der Waals surface area contributed by atoms with Gasteiger partial charge in [-0.1, -0.05) is 66.7 Å². The summed E-state index contributed by atoms with van der Waals surface area (Å²) in [5.41, 5.74) is 2.80. The minimum Gasteiger partial charge on any atom is -0.460 e. The molecule has 4 aliphatic rings. The summed E-state index contributed by atoms with van der Waals surface area (Å²) in [7, 11) is 1.42. The van der Waals surface area contributed by atoms with E-state index in [0.717, 1.165) is 37.7 Å². The normalized spacial score (nSPS) is 36.0. The van der Waals surface area contributed by atoms with E-state index in [0.29, 0.717) is 24.7 Å². The second-order valence-electron chi connectivity index (χ2n) is 15.5. The molecule has 0 heterocycles. The Morgan fingerprint density at radius 2 is 1.78 bits per heavy atom. The molecule has 9 atom stereocenters. The van der Waals surface area contributed by atoms with Crippen molar-refractivity contribution in [2.45, 2.75) is 131 Å². The van der Waals surface area contributed by atoms with Crippen molar-refractivity contribution in [2.24, 2.45) is 39.9 Å². The largest absolute Gasteiger partial charge is 0.460 e. The number of fused-ring (bicyclic) bond motifs is 4. The van der Waals surface area contributed by atoms with E-state index in [-0.39, 0.29) is 24.9 Å². The monoisotopic (exact) mass is 630 g/mol. The fraction of sp³-hybridized carbons (Fsp3) is 0.784. The van der Waals surface area contributed by atoms with Crippen molar-refractivity contribution in [3.8, 4) is 0 Å². The van der Waals surface area contributed by atoms with Gasteiger partial charge in [-0.15, -0.1) is 0 Å². The third-order valence-corrected chi connectivity index (χ3v) is 12.2. The van der Waals surface area contributed by atoms with Crippen LogP contribution in [0.1, 0.15) is 107 Å². The highest BCUT2D eigenvalue weighted by atomic mass is 17.2. The number of carbonyl (C=O) groups excluding carboxylic acids is 2. The van der Waals surface area contributed by atoms with Crippen molar-refractivity contribution in [3.05, 3.63) is 34.9 Å². The van der Waals surface area contributed by atoms with Crippen molar-refractivity contribution in [1.29, 1.82) is 0 Å². The van der Waals surface area contributed by atoms with Crippen molar-refractivity contribution in [3.63, 3.8) is 0 Å². The SMILES string of the molecule is C=C(CCC(C)C1CC=C2C3=C(C(O)C(OC(C)=O)C21C)C1(C)CC(OC(=O)CCCOOC)C(O)C(C)(C)C1CC3)C(C)C. The molecule has 4 rings (SSSR count). The lowest BCUT2D eigenvalue weighted by molar-refractivity contribution is -0.272. The zero-order valence-corrected chi connectivity index (χ0v) is 29.1. The van der Waals surface area contributed by atoms with E-state index in [1.54, 1.807) is 0 Å². The van der Waals surface area contributed by atoms with E-state index in [1.807, 2.05) is 13.8 Å². The van der Waals surface area contributed by atoms with E-state index in [9.17, 15) is 19.8 Å². The van der Waals surface area contributed by atoms with E-state index in [2.05, 4.69) is 52.2 Å². The predicted octanol–water partition coefficient (Wildman–Crippen LogP) is 6.65. The third-order valence-electron chi connectivity index (χ3n) is 12.2. The van der Waals surface area contributed by atoms with Gasteiger partial charge in [0.25, 0.3) is 0 Å². The minimum absolute atomic E-state index is 0.0274. The second-order valence-corrected chi connectivity index (χ2v) is 15.5. The molecule has 0 aromatic carbocycles. The van der Waals surface area contributed by atoms with Crippen molar-refractivity contribution in [1.82, 2.24) is 0 Å². The van der Waals surface area contributed by atoms with Crippen LogP contribution in [0.15, 0.2) is 34.9 Å². The van der Waals surface area contributed by atoms with Gasteiger partial charge in [-0.25, -0.2) is 9.78 Å². The summed E-state index contributed by atoms with van der Waals surface area (Å²) in [6, 6.07) is 0. The quantitative estimate of drug-likeness (QED) is 0.0811. The zero-order valence-electron chi connectivity index (χ0n) is 29.1. The Kier molecular flexibility index (Phi) is 10.8. The van der Waals surface area contributed by atoms with Crippen LogP contribution in [0, 0.1) is 39.9 Å². The van der Waals surface area contributed by atoms with Gasteiger partial charge in [0.2, 0.25) is 0 Å². The van der Waals surface area contributed by atoms with Gasteiger partial charge >= 0.3 is 11.9 Å². The molecule has 0 bridgehead atoms. The van der Waals surface area contributed by atoms with Crippen LogP contribution < -0.4 is 0 Å². The molecule has 254 valence electrons. The van der Waals surface area contributed by atoms with Crippen LogP contribution in [0.3, 0.4) is 0 Å². The molecule has 8 heteroatoms. The zero-order chi connectivity index (χ0) is 33.5. The van der Waals surface area contributed by atoms with Gasteiger partial charge in [0, 0.05) is 18.8 Å². The van der Waals surface area contributed by atoms with Crippen molar-refractivity contribution in [2.75, 3.05) is 13.7 Å². The topological polar surface area (TPSA) is 112 Å². The van der Waals surface area contributed by atoms with Gasteiger partial charge in [0.1, 0.15) is 18.3 Å². The highest BCUT2D eigenvalue weighted by Gasteiger charge is 2.65. The Morgan fingerprint density at radius 1 is 1.09 bits per heavy atom. The molecular formula is C37H58O8. The highest BCUT2D eigenvalue weighted by Crippen LogP contribution is 2.67. The molecule has 0 aromatic rings. The van der Waals surface area contributed by atoms with Crippen LogP contribution in [0.25, 0.3) is 0 Å². The molecule has 0 amide bonds. The van der Waals surface area contributed by atoms with Crippen LogP contribution in [-0.2, 0) is 28.8 Å². The summed E-state index contributed by atoms with van der Waals surface area (Å²) >= 11 is 0. The molecule has 0 spiro atoms. The number of rotatable bonds is 12. The predicted molar refractivity (Wildman–Crippen MR) is 173 cm³/mol. The van der Waals surface area contributed by atoms with Crippen LogP contribution in [0.4, 0.5) is 0 Å². The molecule has 0 aromatic heterocycles. The van der Waals surface area contributed by atoms with Crippen molar-refractivity contribution >= 4 is 11.9 Å². The standard InChI is InChI=1S/C37H58O8/c1-21(2)22(3)13-14-23(4)26-16-17-27-25-15-18-29-35(6,7)33(41)28(45-30(39)12-11-19-43-42-10)20-36(29,8)31(25)32(40)34(37(26,27)9)44-24(5)38/h17,21,23,26,28-29,32-34,40-41H,3,11-16,18-20H2,1-2,4-10H3. The summed E-state index contributed by atoms with van der Waals surface area (Å²) in [5, 5.41) is 24.0. The molecule has 4 aliphatic carbocycles.